The lowest BCUT2D eigenvalue weighted by Crippen LogP contribution is -2.47. The van der Waals surface area contributed by atoms with Crippen molar-refractivity contribution in [2.24, 2.45) is 0 Å². The van der Waals surface area contributed by atoms with Gasteiger partial charge in [-0.2, -0.15) is 0 Å². The highest BCUT2D eigenvalue weighted by atomic mass is 16.5. The van der Waals surface area contributed by atoms with Crippen molar-refractivity contribution in [1.29, 1.82) is 0 Å². The van der Waals surface area contributed by atoms with Gasteiger partial charge in [0.25, 0.3) is 0 Å². The fourth-order valence-corrected chi connectivity index (χ4v) is 2.42. The van der Waals surface area contributed by atoms with Gasteiger partial charge in [0.2, 0.25) is 5.91 Å². The Morgan fingerprint density at radius 3 is 3.10 bits per heavy atom. The Bertz CT molecular complexity index is 644. The summed E-state index contributed by atoms with van der Waals surface area (Å²) >= 11 is 0. The number of fused-ring (bicyclic) bond motifs is 1. The first-order chi connectivity index (χ1) is 9.78. The molecule has 0 atom stereocenters. The van der Waals surface area contributed by atoms with E-state index in [0.29, 0.717) is 18.8 Å². The van der Waals surface area contributed by atoms with Crippen LogP contribution in [-0.2, 0) is 11.3 Å². The van der Waals surface area contributed by atoms with E-state index in [-0.39, 0.29) is 5.91 Å². The highest BCUT2D eigenvalue weighted by molar-refractivity contribution is 5.91. The van der Waals surface area contributed by atoms with Crippen LogP contribution >= 0.6 is 0 Å². The van der Waals surface area contributed by atoms with Gasteiger partial charge in [0.1, 0.15) is 0 Å². The van der Waals surface area contributed by atoms with Crippen LogP contribution in [0.3, 0.4) is 0 Å². The van der Waals surface area contributed by atoms with Crippen molar-refractivity contribution in [2.75, 3.05) is 25.1 Å². The van der Waals surface area contributed by atoms with Crippen LogP contribution in [0.4, 0.5) is 5.69 Å². The zero-order valence-corrected chi connectivity index (χ0v) is 11.0. The van der Waals surface area contributed by atoms with Gasteiger partial charge in [-0.25, -0.2) is 0 Å². The lowest BCUT2D eigenvalue weighted by atomic mass is 10.1. The van der Waals surface area contributed by atoms with Crippen LogP contribution in [0, 0.1) is 0 Å². The topological polar surface area (TPSA) is 77.5 Å². The Balaban J connectivity index is 1.87. The molecule has 1 aromatic carbocycles. The number of piperazine rings is 1. The van der Waals surface area contributed by atoms with Gasteiger partial charge in [0, 0.05) is 31.2 Å². The summed E-state index contributed by atoms with van der Waals surface area (Å²) in [5.74, 6) is 0.120. The summed E-state index contributed by atoms with van der Waals surface area (Å²) in [6, 6.07) is 7.52. The number of benzene rings is 1. The van der Waals surface area contributed by atoms with Crippen LogP contribution in [0.1, 0.15) is 5.56 Å². The zero-order valence-electron chi connectivity index (χ0n) is 11.0. The van der Waals surface area contributed by atoms with Gasteiger partial charge in [-0.15, -0.1) is 0 Å². The minimum absolute atomic E-state index is 0.120. The predicted molar refractivity (Wildman–Crippen MR) is 75.4 cm³/mol. The molecule has 20 heavy (non-hydrogen) atoms. The number of nitrogens with zero attached hydrogens (tertiary/aromatic N) is 2. The van der Waals surface area contributed by atoms with E-state index in [0.717, 1.165) is 29.6 Å². The molecule has 0 unspecified atom stereocenters. The van der Waals surface area contributed by atoms with Gasteiger partial charge >= 0.3 is 0 Å². The maximum Gasteiger partial charge on any atom is 0.236 e. The van der Waals surface area contributed by atoms with Crippen molar-refractivity contribution in [1.82, 2.24) is 15.2 Å². The SMILES string of the molecule is O=C1CNCCN1Cc1ccc2c(NO)ccnc2c1. The van der Waals surface area contributed by atoms with E-state index in [1.165, 1.54) is 0 Å². The first kappa shape index (κ1) is 12.8. The van der Waals surface area contributed by atoms with Crippen molar-refractivity contribution in [2.45, 2.75) is 6.54 Å². The fraction of sp³-hybridized carbons (Fsp3) is 0.286. The molecule has 6 nitrogen and oxygen atoms in total. The van der Waals surface area contributed by atoms with Gasteiger partial charge in [0.05, 0.1) is 17.7 Å². The van der Waals surface area contributed by atoms with Crippen LogP contribution in [0.15, 0.2) is 30.5 Å². The molecule has 1 amide bonds. The summed E-state index contributed by atoms with van der Waals surface area (Å²) < 4.78 is 0. The molecule has 0 radical (unpaired) electrons. The minimum atomic E-state index is 0.120. The number of carbonyl (C=O) groups is 1. The molecular formula is C14H16N4O2. The molecular weight excluding hydrogens is 256 g/mol. The number of nitrogens with one attached hydrogen (secondary N) is 2. The lowest BCUT2D eigenvalue weighted by Gasteiger charge is -2.27. The molecule has 1 aliphatic rings. The third kappa shape index (κ3) is 2.43. The van der Waals surface area contributed by atoms with E-state index in [9.17, 15) is 4.79 Å². The quantitative estimate of drug-likeness (QED) is 0.726. The Hall–Kier alpha value is -2.18. The molecule has 2 aromatic rings. The maximum atomic E-state index is 11.8. The number of rotatable bonds is 3. The largest absolute Gasteiger partial charge is 0.336 e. The number of amides is 1. The summed E-state index contributed by atoms with van der Waals surface area (Å²) in [6.45, 7) is 2.55. The van der Waals surface area contributed by atoms with Crippen LogP contribution in [-0.4, -0.2) is 40.6 Å². The zero-order chi connectivity index (χ0) is 13.9. The first-order valence-corrected chi connectivity index (χ1v) is 6.54. The molecule has 0 bridgehead atoms. The third-order valence-corrected chi connectivity index (χ3v) is 3.49. The Kier molecular flexibility index (Phi) is 3.49. The van der Waals surface area contributed by atoms with Gasteiger partial charge in [0.15, 0.2) is 0 Å². The number of aromatic nitrogens is 1. The number of anilines is 1. The van der Waals surface area contributed by atoms with E-state index in [1.807, 2.05) is 23.1 Å². The van der Waals surface area contributed by atoms with Crippen molar-refractivity contribution >= 4 is 22.5 Å². The smallest absolute Gasteiger partial charge is 0.236 e. The normalized spacial score (nSPS) is 15.7. The van der Waals surface area contributed by atoms with E-state index < -0.39 is 0 Å². The molecule has 6 heteroatoms. The third-order valence-electron chi connectivity index (χ3n) is 3.49. The van der Waals surface area contributed by atoms with E-state index in [2.05, 4.69) is 15.8 Å². The summed E-state index contributed by atoms with van der Waals surface area (Å²) in [7, 11) is 0. The average molecular weight is 272 g/mol. The van der Waals surface area contributed by atoms with Gasteiger partial charge in [-0.3, -0.25) is 20.5 Å². The van der Waals surface area contributed by atoms with E-state index in [1.54, 1.807) is 12.3 Å². The molecule has 0 saturated carbocycles. The Morgan fingerprint density at radius 1 is 1.40 bits per heavy atom. The van der Waals surface area contributed by atoms with Crippen LogP contribution in [0.25, 0.3) is 10.9 Å². The maximum absolute atomic E-state index is 11.8. The minimum Gasteiger partial charge on any atom is -0.336 e. The van der Waals surface area contributed by atoms with Crippen LogP contribution in [0.5, 0.6) is 0 Å². The van der Waals surface area contributed by atoms with Crippen molar-refractivity contribution < 1.29 is 10.0 Å². The first-order valence-electron chi connectivity index (χ1n) is 6.54. The number of pyridine rings is 1. The molecule has 3 rings (SSSR count). The van der Waals surface area contributed by atoms with Crippen molar-refractivity contribution in [3.05, 3.63) is 36.0 Å². The highest BCUT2D eigenvalue weighted by Gasteiger charge is 2.17. The summed E-state index contributed by atoms with van der Waals surface area (Å²) in [4.78, 5) is 17.9. The summed E-state index contributed by atoms with van der Waals surface area (Å²) in [5.41, 5.74) is 4.62. The van der Waals surface area contributed by atoms with E-state index in [4.69, 9.17) is 5.21 Å². The summed E-state index contributed by atoms with van der Waals surface area (Å²) in [6.07, 6.45) is 1.64. The summed E-state index contributed by atoms with van der Waals surface area (Å²) in [5, 5.41) is 13.0. The Morgan fingerprint density at radius 2 is 2.30 bits per heavy atom. The van der Waals surface area contributed by atoms with Crippen LogP contribution in [0.2, 0.25) is 0 Å². The standard InChI is InChI=1S/C14H16N4O2/c19-14-8-15-5-6-18(14)9-10-1-2-11-12(17-20)3-4-16-13(11)7-10/h1-4,7,15,20H,5-6,8-9H2,(H,16,17). The second-order valence-electron chi connectivity index (χ2n) is 4.81. The number of hydrogen-bond acceptors (Lipinski definition) is 5. The van der Waals surface area contributed by atoms with Gasteiger partial charge < -0.3 is 10.2 Å². The van der Waals surface area contributed by atoms with Gasteiger partial charge in [-0.1, -0.05) is 12.1 Å². The van der Waals surface area contributed by atoms with Crippen molar-refractivity contribution in [3.63, 3.8) is 0 Å². The molecule has 0 spiro atoms. The molecule has 1 aromatic heterocycles. The molecule has 1 fully saturated rings. The Labute approximate surface area is 116 Å². The molecule has 1 saturated heterocycles. The molecule has 0 aliphatic carbocycles. The second kappa shape index (κ2) is 5.44. The number of hydrogen-bond donors (Lipinski definition) is 3. The molecule has 1 aliphatic heterocycles. The monoisotopic (exact) mass is 272 g/mol. The fourth-order valence-electron chi connectivity index (χ4n) is 2.42. The lowest BCUT2D eigenvalue weighted by molar-refractivity contribution is -0.132. The average Bonchev–Trinajstić information content (AvgIpc) is 2.49. The molecule has 2 heterocycles. The number of carbonyl (C=O) groups excluding carboxylic acids is 1. The molecule has 3 N–H and O–H groups in total. The second-order valence-corrected chi connectivity index (χ2v) is 4.81. The molecule has 104 valence electrons. The van der Waals surface area contributed by atoms with Crippen molar-refractivity contribution in [3.8, 4) is 0 Å². The van der Waals surface area contributed by atoms with E-state index >= 15 is 0 Å². The highest BCUT2D eigenvalue weighted by Crippen LogP contribution is 2.22. The predicted octanol–water partition coefficient (Wildman–Crippen LogP) is 0.968. The van der Waals surface area contributed by atoms with Crippen LogP contribution < -0.4 is 10.8 Å². The van der Waals surface area contributed by atoms with Gasteiger partial charge in [-0.05, 0) is 17.7 Å².